The standard InChI is InChI=1S/C14H15FN2O2/c1-4-11-13(15)14(17-8-16-11)10-7-9(18-2)5-6-12(10)19-3/h5-8H,4H2,1-3H3. The molecule has 0 aliphatic carbocycles. The number of nitrogens with zero attached hydrogens (tertiary/aromatic N) is 2. The minimum Gasteiger partial charge on any atom is -0.497 e. The van der Waals surface area contributed by atoms with Crippen LogP contribution in [0.25, 0.3) is 11.3 Å². The van der Waals surface area contributed by atoms with Gasteiger partial charge in [0, 0.05) is 5.56 Å². The van der Waals surface area contributed by atoms with Crippen LogP contribution in [0.1, 0.15) is 12.6 Å². The molecule has 0 saturated carbocycles. The molecular weight excluding hydrogens is 247 g/mol. The lowest BCUT2D eigenvalue weighted by molar-refractivity contribution is 0.404. The second kappa shape index (κ2) is 5.65. The van der Waals surface area contributed by atoms with Crippen LogP contribution in [0, 0.1) is 5.82 Å². The van der Waals surface area contributed by atoms with Crippen LogP contribution in [-0.4, -0.2) is 24.2 Å². The summed E-state index contributed by atoms with van der Waals surface area (Å²) in [6, 6.07) is 5.17. The first-order valence-electron chi connectivity index (χ1n) is 5.93. The van der Waals surface area contributed by atoms with Crippen LogP contribution >= 0.6 is 0 Å². The van der Waals surface area contributed by atoms with E-state index < -0.39 is 5.82 Å². The van der Waals surface area contributed by atoms with E-state index in [1.165, 1.54) is 13.4 Å². The third-order valence-electron chi connectivity index (χ3n) is 2.86. The fourth-order valence-corrected chi connectivity index (χ4v) is 1.84. The first kappa shape index (κ1) is 13.3. The Morgan fingerprint density at radius 3 is 2.58 bits per heavy atom. The van der Waals surface area contributed by atoms with Crippen LogP contribution in [0.4, 0.5) is 4.39 Å². The summed E-state index contributed by atoms with van der Waals surface area (Å²) >= 11 is 0. The van der Waals surface area contributed by atoms with Gasteiger partial charge in [0.2, 0.25) is 0 Å². The quantitative estimate of drug-likeness (QED) is 0.849. The van der Waals surface area contributed by atoms with Crippen LogP contribution < -0.4 is 9.47 Å². The highest BCUT2D eigenvalue weighted by Gasteiger charge is 2.16. The highest BCUT2D eigenvalue weighted by molar-refractivity contribution is 5.69. The van der Waals surface area contributed by atoms with Crippen LogP contribution in [0.5, 0.6) is 11.5 Å². The fraction of sp³-hybridized carbons (Fsp3) is 0.286. The monoisotopic (exact) mass is 262 g/mol. The summed E-state index contributed by atoms with van der Waals surface area (Å²) in [5, 5.41) is 0. The Labute approximate surface area is 111 Å². The molecule has 2 aromatic rings. The zero-order valence-electron chi connectivity index (χ0n) is 11.1. The van der Waals surface area contributed by atoms with Crippen molar-refractivity contribution >= 4 is 0 Å². The number of hydrogen-bond donors (Lipinski definition) is 0. The first-order chi connectivity index (χ1) is 9.21. The number of aryl methyl sites for hydroxylation is 1. The Hall–Kier alpha value is -2.17. The lowest BCUT2D eigenvalue weighted by atomic mass is 10.1. The molecule has 0 aliphatic heterocycles. The molecule has 4 nitrogen and oxygen atoms in total. The summed E-state index contributed by atoms with van der Waals surface area (Å²) in [4.78, 5) is 7.94. The van der Waals surface area contributed by atoms with Crippen molar-refractivity contribution in [2.75, 3.05) is 14.2 Å². The van der Waals surface area contributed by atoms with Crippen molar-refractivity contribution in [2.24, 2.45) is 0 Å². The Bertz CT molecular complexity index is 588. The molecule has 19 heavy (non-hydrogen) atoms. The highest BCUT2D eigenvalue weighted by atomic mass is 19.1. The summed E-state index contributed by atoms with van der Waals surface area (Å²) in [5.41, 5.74) is 1.16. The molecule has 0 radical (unpaired) electrons. The third-order valence-corrected chi connectivity index (χ3v) is 2.86. The van der Waals surface area contributed by atoms with Gasteiger partial charge < -0.3 is 9.47 Å². The van der Waals surface area contributed by atoms with Crippen LogP contribution in [-0.2, 0) is 6.42 Å². The molecule has 0 N–H and O–H groups in total. The maximum atomic E-state index is 14.3. The highest BCUT2D eigenvalue weighted by Crippen LogP contribution is 2.33. The first-order valence-corrected chi connectivity index (χ1v) is 5.93. The Morgan fingerprint density at radius 1 is 1.16 bits per heavy atom. The number of aromatic nitrogens is 2. The molecule has 0 aliphatic rings. The molecular formula is C14H15FN2O2. The van der Waals surface area contributed by atoms with Crippen LogP contribution in [0.3, 0.4) is 0 Å². The minimum atomic E-state index is -0.420. The van der Waals surface area contributed by atoms with E-state index >= 15 is 0 Å². The smallest absolute Gasteiger partial charge is 0.171 e. The second-order valence-corrected chi connectivity index (χ2v) is 3.90. The molecule has 1 aromatic heterocycles. The van der Waals surface area contributed by atoms with Gasteiger partial charge in [0.15, 0.2) is 5.82 Å². The van der Waals surface area contributed by atoms with Gasteiger partial charge >= 0.3 is 0 Å². The number of methoxy groups -OCH3 is 2. The lowest BCUT2D eigenvalue weighted by Gasteiger charge is -2.11. The number of ether oxygens (including phenoxy) is 2. The van der Waals surface area contributed by atoms with Gasteiger partial charge in [0.25, 0.3) is 0 Å². The van der Waals surface area contributed by atoms with E-state index in [9.17, 15) is 4.39 Å². The largest absolute Gasteiger partial charge is 0.497 e. The molecule has 0 fully saturated rings. The van der Waals surface area contributed by atoms with Crippen molar-refractivity contribution < 1.29 is 13.9 Å². The van der Waals surface area contributed by atoms with E-state index in [1.807, 2.05) is 6.92 Å². The molecule has 1 heterocycles. The minimum absolute atomic E-state index is 0.225. The maximum absolute atomic E-state index is 14.3. The van der Waals surface area contributed by atoms with Gasteiger partial charge in [-0.1, -0.05) is 6.92 Å². The zero-order valence-corrected chi connectivity index (χ0v) is 11.1. The number of hydrogen-bond acceptors (Lipinski definition) is 4. The van der Waals surface area contributed by atoms with E-state index in [0.717, 1.165) is 0 Å². The second-order valence-electron chi connectivity index (χ2n) is 3.90. The van der Waals surface area contributed by atoms with Gasteiger partial charge in [-0.15, -0.1) is 0 Å². The van der Waals surface area contributed by atoms with E-state index in [0.29, 0.717) is 29.2 Å². The van der Waals surface area contributed by atoms with Crippen molar-refractivity contribution in [1.29, 1.82) is 0 Å². The Balaban J connectivity index is 2.63. The van der Waals surface area contributed by atoms with Gasteiger partial charge in [-0.05, 0) is 24.6 Å². The SMILES string of the molecule is CCc1ncnc(-c2cc(OC)ccc2OC)c1F. The zero-order chi connectivity index (χ0) is 13.8. The van der Waals surface area contributed by atoms with Gasteiger partial charge in [-0.2, -0.15) is 0 Å². The Kier molecular flexibility index (Phi) is 3.94. The Morgan fingerprint density at radius 2 is 1.95 bits per heavy atom. The number of benzene rings is 1. The molecule has 0 atom stereocenters. The molecule has 0 amide bonds. The summed E-state index contributed by atoms with van der Waals surface area (Å²) < 4.78 is 24.7. The van der Waals surface area contributed by atoms with Gasteiger partial charge in [0.1, 0.15) is 23.5 Å². The molecule has 0 saturated heterocycles. The van der Waals surface area contributed by atoms with Crippen molar-refractivity contribution in [1.82, 2.24) is 9.97 Å². The summed E-state index contributed by atoms with van der Waals surface area (Å²) in [6.07, 6.45) is 1.86. The average molecular weight is 262 g/mol. The third kappa shape index (κ3) is 2.50. The molecule has 0 spiro atoms. The average Bonchev–Trinajstić information content (AvgIpc) is 2.47. The number of halogens is 1. The molecule has 1 aromatic carbocycles. The summed E-state index contributed by atoms with van der Waals surface area (Å²) in [7, 11) is 3.09. The topological polar surface area (TPSA) is 44.2 Å². The van der Waals surface area contributed by atoms with Crippen LogP contribution in [0.2, 0.25) is 0 Å². The van der Waals surface area contributed by atoms with Gasteiger partial charge in [0.05, 0.1) is 19.9 Å². The van der Waals surface area contributed by atoms with Crippen molar-refractivity contribution in [2.45, 2.75) is 13.3 Å². The van der Waals surface area contributed by atoms with E-state index in [-0.39, 0.29) is 5.69 Å². The molecule has 2 rings (SSSR count). The fourth-order valence-electron chi connectivity index (χ4n) is 1.84. The summed E-state index contributed by atoms with van der Waals surface area (Å²) in [5.74, 6) is 0.740. The number of rotatable bonds is 4. The van der Waals surface area contributed by atoms with E-state index in [1.54, 1.807) is 25.3 Å². The molecule has 5 heteroatoms. The lowest BCUT2D eigenvalue weighted by Crippen LogP contribution is -2.00. The van der Waals surface area contributed by atoms with Gasteiger partial charge in [-0.3, -0.25) is 0 Å². The van der Waals surface area contributed by atoms with E-state index in [4.69, 9.17) is 9.47 Å². The maximum Gasteiger partial charge on any atom is 0.171 e. The normalized spacial score (nSPS) is 10.3. The summed E-state index contributed by atoms with van der Waals surface area (Å²) in [6.45, 7) is 1.85. The predicted octanol–water partition coefficient (Wildman–Crippen LogP) is 2.86. The van der Waals surface area contributed by atoms with Gasteiger partial charge in [-0.25, -0.2) is 14.4 Å². The van der Waals surface area contributed by atoms with Crippen molar-refractivity contribution in [3.63, 3.8) is 0 Å². The molecule has 0 bridgehead atoms. The van der Waals surface area contributed by atoms with E-state index in [2.05, 4.69) is 9.97 Å². The van der Waals surface area contributed by atoms with Crippen molar-refractivity contribution in [3.8, 4) is 22.8 Å². The van der Waals surface area contributed by atoms with Crippen LogP contribution in [0.15, 0.2) is 24.5 Å². The van der Waals surface area contributed by atoms with Crippen molar-refractivity contribution in [3.05, 3.63) is 36.0 Å². The molecule has 100 valence electrons. The predicted molar refractivity (Wildman–Crippen MR) is 69.9 cm³/mol. The molecule has 0 unspecified atom stereocenters.